The van der Waals surface area contributed by atoms with E-state index in [-0.39, 0.29) is 0 Å². The van der Waals surface area contributed by atoms with Gasteiger partial charge in [-0.3, -0.25) is 0 Å². The average Bonchev–Trinajstić information content (AvgIpc) is 3.73. The molecule has 0 saturated heterocycles. The molecule has 3 aromatic heterocycles. The first-order chi connectivity index (χ1) is 32.3. The number of nitrogens with zero attached hydrogens (tertiary/aromatic N) is 4. The fraction of sp³-hybridized carbons (Fsp3) is 0. The number of benzene rings is 10. The van der Waals surface area contributed by atoms with Gasteiger partial charge in [-0.15, -0.1) is 0 Å². The maximum absolute atomic E-state index is 5.59. The van der Waals surface area contributed by atoms with E-state index in [2.05, 4.69) is 235 Å². The highest BCUT2D eigenvalue weighted by molar-refractivity contribution is 6.29. The van der Waals surface area contributed by atoms with Gasteiger partial charge in [0.2, 0.25) is 0 Å². The molecule has 0 bridgehead atoms. The van der Waals surface area contributed by atoms with Crippen molar-refractivity contribution in [1.82, 2.24) is 19.5 Å². The number of pyridine rings is 1. The third-order valence-corrected chi connectivity index (χ3v) is 13.0. The van der Waals surface area contributed by atoms with Crippen molar-refractivity contribution in [3.8, 4) is 62.0 Å². The highest BCUT2D eigenvalue weighted by Gasteiger charge is 2.24. The third kappa shape index (κ3) is 5.96. The summed E-state index contributed by atoms with van der Waals surface area (Å²) in [6.07, 6.45) is 0. The Hall–Kier alpha value is -8.73. The van der Waals surface area contributed by atoms with Gasteiger partial charge in [-0.05, 0) is 69.6 Å². The Bertz CT molecular complexity index is 3930. The second kappa shape index (κ2) is 15.0. The summed E-state index contributed by atoms with van der Waals surface area (Å²) < 4.78 is 2.39. The van der Waals surface area contributed by atoms with Crippen LogP contribution in [0.25, 0.3) is 127 Å². The second-order valence-corrected chi connectivity index (χ2v) is 16.7. The molecule has 65 heavy (non-hydrogen) atoms. The van der Waals surface area contributed by atoms with Gasteiger partial charge >= 0.3 is 0 Å². The molecular formula is C61H38N4. The summed E-state index contributed by atoms with van der Waals surface area (Å²) >= 11 is 0. The fourth-order valence-electron chi connectivity index (χ4n) is 10.1. The summed E-state index contributed by atoms with van der Waals surface area (Å²) in [6.45, 7) is 0. The van der Waals surface area contributed by atoms with Crippen molar-refractivity contribution in [2.45, 2.75) is 0 Å². The molecule has 0 aliphatic rings. The van der Waals surface area contributed by atoms with Crippen LogP contribution in [0.3, 0.4) is 0 Å². The van der Waals surface area contributed by atoms with Crippen molar-refractivity contribution >= 4 is 65.0 Å². The van der Waals surface area contributed by atoms with Crippen LogP contribution in [0.5, 0.6) is 0 Å². The molecule has 0 atom stereocenters. The minimum atomic E-state index is 0.686. The molecule has 0 radical (unpaired) electrons. The molecule has 4 nitrogen and oxygen atoms in total. The molecule has 13 aromatic rings. The predicted octanol–water partition coefficient (Wildman–Crippen LogP) is 15.9. The molecule has 0 aliphatic heterocycles. The highest BCUT2D eigenvalue weighted by atomic mass is 15.0. The number of rotatable bonds is 6. The molecule has 0 spiro atoms. The molecule has 3 heterocycles. The number of aromatic nitrogens is 4. The maximum atomic E-state index is 5.59. The Labute approximate surface area is 375 Å². The van der Waals surface area contributed by atoms with E-state index in [4.69, 9.17) is 15.0 Å². The molecule has 10 aromatic carbocycles. The van der Waals surface area contributed by atoms with Crippen LogP contribution in [0.15, 0.2) is 231 Å². The summed E-state index contributed by atoms with van der Waals surface area (Å²) in [6, 6.07) is 81.9. The van der Waals surface area contributed by atoms with Gasteiger partial charge in [-0.1, -0.05) is 188 Å². The quantitative estimate of drug-likeness (QED) is 0.157. The van der Waals surface area contributed by atoms with Gasteiger partial charge in [0.15, 0.2) is 5.82 Å². The lowest BCUT2D eigenvalue weighted by Crippen LogP contribution is -2.01. The molecule has 0 N–H and O–H groups in total. The molecule has 0 saturated carbocycles. The lowest BCUT2D eigenvalue weighted by molar-refractivity contribution is 1.18. The molecular weight excluding hydrogens is 789 g/mol. The standard InChI is InChI=1S/C61H38N4/c1-4-19-39(20-5-1)59-55(60(40-21-6-2-7-22-40)64-61(63-59)51-38-41-23-10-11-28-45(41)46-29-12-13-30-47(46)51)42-24-18-25-43(37-42)58-50-35-36-54-57(56(50)48-31-14-16-33-52(48)62-58)49-32-15-17-34-53(49)65(54)44-26-8-3-9-27-44/h1-38H. The van der Waals surface area contributed by atoms with E-state index in [1.54, 1.807) is 0 Å². The van der Waals surface area contributed by atoms with Crippen LogP contribution in [-0.4, -0.2) is 19.5 Å². The van der Waals surface area contributed by atoms with Crippen molar-refractivity contribution in [1.29, 1.82) is 0 Å². The Balaban J connectivity index is 1.09. The Morgan fingerprint density at radius 1 is 0.308 bits per heavy atom. The van der Waals surface area contributed by atoms with Crippen LogP contribution in [0.2, 0.25) is 0 Å². The summed E-state index contributed by atoms with van der Waals surface area (Å²) in [5.74, 6) is 0.686. The molecule has 0 aliphatic carbocycles. The topological polar surface area (TPSA) is 43.6 Å². The van der Waals surface area contributed by atoms with Gasteiger partial charge in [0, 0.05) is 60.4 Å². The van der Waals surface area contributed by atoms with Gasteiger partial charge in [-0.2, -0.15) is 0 Å². The minimum absolute atomic E-state index is 0.686. The first kappa shape index (κ1) is 36.9. The Morgan fingerprint density at radius 3 is 1.62 bits per heavy atom. The van der Waals surface area contributed by atoms with Crippen LogP contribution < -0.4 is 0 Å². The van der Waals surface area contributed by atoms with E-state index >= 15 is 0 Å². The van der Waals surface area contributed by atoms with Crippen molar-refractivity contribution in [2.75, 3.05) is 0 Å². The van der Waals surface area contributed by atoms with Crippen LogP contribution in [0.1, 0.15) is 0 Å². The van der Waals surface area contributed by atoms with Crippen LogP contribution in [0.4, 0.5) is 0 Å². The van der Waals surface area contributed by atoms with E-state index in [0.29, 0.717) is 5.82 Å². The maximum Gasteiger partial charge on any atom is 0.161 e. The average molecular weight is 827 g/mol. The van der Waals surface area contributed by atoms with Gasteiger partial charge in [0.1, 0.15) is 0 Å². The molecule has 0 amide bonds. The number of hydrogen-bond donors (Lipinski definition) is 0. The summed E-state index contributed by atoms with van der Waals surface area (Å²) in [5.41, 5.74) is 13.1. The van der Waals surface area contributed by atoms with Crippen LogP contribution in [0, 0.1) is 0 Å². The van der Waals surface area contributed by atoms with E-state index in [0.717, 1.165) is 88.7 Å². The van der Waals surface area contributed by atoms with Crippen molar-refractivity contribution in [2.24, 2.45) is 0 Å². The molecule has 302 valence electrons. The van der Waals surface area contributed by atoms with E-state index in [1.165, 1.54) is 32.4 Å². The zero-order valence-electron chi connectivity index (χ0n) is 35.2. The fourth-order valence-corrected chi connectivity index (χ4v) is 10.1. The van der Waals surface area contributed by atoms with Gasteiger partial charge in [0.25, 0.3) is 0 Å². The van der Waals surface area contributed by atoms with Crippen molar-refractivity contribution in [3.63, 3.8) is 0 Å². The number of para-hydroxylation sites is 3. The van der Waals surface area contributed by atoms with Gasteiger partial charge < -0.3 is 4.57 Å². The van der Waals surface area contributed by atoms with E-state index in [9.17, 15) is 0 Å². The van der Waals surface area contributed by atoms with Gasteiger partial charge in [0.05, 0.1) is 33.6 Å². The largest absolute Gasteiger partial charge is 0.309 e. The zero-order chi connectivity index (χ0) is 42.8. The highest BCUT2D eigenvalue weighted by Crippen LogP contribution is 2.45. The van der Waals surface area contributed by atoms with E-state index < -0.39 is 0 Å². The zero-order valence-corrected chi connectivity index (χ0v) is 35.2. The predicted molar refractivity (Wildman–Crippen MR) is 271 cm³/mol. The Morgan fingerprint density at radius 2 is 0.877 bits per heavy atom. The number of fused-ring (bicyclic) bond motifs is 10. The third-order valence-electron chi connectivity index (χ3n) is 13.0. The SMILES string of the molecule is c1ccc(-c2nc(-c3cc4ccccc4c4ccccc34)nc(-c3ccccc3)c2-c2cccc(-c3nc4ccccc4c4c3ccc3c4c4ccccc4n3-c3ccccc3)c2)cc1. The first-order valence-corrected chi connectivity index (χ1v) is 22.1. The molecule has 4 heteroatoms. The van der Waals surface area contributed by atoms with Gasteiger partial charge in [-0.25, -0.2) is 15.0 Å². The summed E-state index contributed by atoms with van der Waals surface area (Å²) in [7, 11) is 0. The molecule has 0 unspecified atom stereocenters. The second-order valence-electron chi connectivity index (χ2n) is 16.7. The van der Waals surface area contributed by atoms with Crippen LogP contribution in [-0.2, 0) is 0 Å². The summed E-state index contributed by atoms with van der Waals surface area (Å²) in [5, 5.41) is 10.5. The summed E-state index contributed by atoms with van der Waals surface area (Å²) in [4.78, 5) is 16.7. The number of hydrogen-bond acceptors (Lipinski definition) is 3. The normalized spacial score (nSPS) is 11.7. The lowest BCUT2D eigenvalue weighted by Gasteiger charge is -2.19. The van der Waals surface area contributed by atoms with Crippen molar-refractivity contribution < 1.29 is 0 Å². The first-order valence-electron chi connectivity index (χ1n) is 22.1. The molecule has 13 rings (SSSR count). The van der Waals surface area contributed by atoms with Crippen molar-refractivity contribution in [3.05, 3.63) is 231 Å². The minimum Gasteiger partial charge on any atom is -0.309 e. The van der Waals surface area contributed by atoms with Crippen LogP contribution >= 0.6 is 0 Å². The van der Waals surface area contributed by atoms with E-state index in [1.807, 2.05) is 0 Å². The lowest BCUT2D eigenvalue weighted by atomic mass is 9.91. The Kier molecular flexibility index (Phi) is 8.50. The molecule has 0 fully saturated rings. The monoisotopic (exact) mass is 826 g/mol. The smallest absolute Gasteiger partial charge is 0.161 e.